The molecule has 44 heteroatoms. The zero-order chi connectivity index (χ0) is 95.0. The highest BCUT2D eigenvalue weighted by Crippen LogP contribution is 2.64. The summed E-state index contributed by atoms with van der Waals surface area (Å²) in [6.07, 6.45) is 6.40. The van der Waals surface area contributed by atoms with Crippen molar-refractivity contribution in [1.82, 2.24) is 39.4 Å². The zero-order valence-electron chi connectivity index (χ0n) is 77.9. The van der Waals surface area contributed by atoms with Crippen LogP contribution in [0.15, 0.2) is 175 Å². The van der Waals surface area contributed by atoms with E-state index in [1.165, 1.54) is 21.3 Å². The van der Waals surface area contributed by atoms with Crippen molar-refractivity contribution in [2.75, 3.05) is 146 Å². The van der Waals surface area contributed by atoms with Crippen LogP contribution in [0, 0.1) is 0 Å². The number of ether oxygens (including phenoxy) is 20. The Balaban J connectivity index is 0.000000141. The van der Waals surface area contributed by atoms with Gasteiger partial charge in [-0.15, -0.1) is 0 Å². The molecule has 130 heavy (non-hydrogen) atoms. The Morgan fingerprint density at radius 2 is 0.846 bits per heavy atom. The number of morpholine rings is 1. The second-order valence-electron chi connectivity index (χ2n) is 34.0. The molecule has 0 aromatic heterocycles. The minimum atomic E-state index is -1.15. The summed E-state index contributed by atoms with van der Waals surface area (Å²) in [5, 5.41) is 22.4. The number of hydrogen-bond acceptors (Lipinski definition) is 43. The molecular weight excluding hydrogens is 1700 g/mol. The predicted molar refractivity (Wildman–Crippen MR) is 475 cm³/mol. The van der Waals surface area contributed by atoms with Gasteiger partial charge in [-0.2, -0.15) is 5.06 Å². The van der Waals surface area contributed by atoms with Crippen LogP contribution in [0.1, 0.15) is 54.4 Å². The molecule has 16 aliphatic heterocycles. The lowest BCUT2D eigenvalue weighted by Crippen LogP contribution is -2.60. The first kappa shape index (κ1) is 100. The third-order valence-electron chi connectivity index (χ3n) is 25.8. The van der Waals surface area contributed by atoms with Gasteiger partial charge in [-0.1, -0.05) is 39.5 Å². The third-order valence-corrected chi connectivity index (χ3v) is 25.8. The molecule has 8 bridgehead atoms. The number of aliphatic hydroxyl groups is 2. The van der Waals surface area contributed by atoms with Crippen LogP contribution in [0.25, 0.3) is 0 Å². The highest BCUT2D eigenvalue weighted by Gasteiger charge is 2.80. The normalized spacial score (nSPS) is 37.6. The SMILES string of the molecule is C=C1N=C(N)C(C)=CN1[C@@H]1O[C@@]2(COC)C(=O)N(C)[C@H]1C2OC.C=C1N=C(N)C(C)=CN1[C@@H]1O[C@@]2(COC)C(C)O[C@H]1C2OC.C=C1N=C(N)C(C)=CN1[C@@H]1O[C@@]2(COC)CN(C)O[C@H]1C2OC.C=C1N=C(N)C(C)=CN1[C@@H]1O[C@H](COC)C(OC)[C@@H]1O.C=C1N=C(N)C(C)=CN1[C@@H]1O[C@]2(COC)C(OC)[C@@H]1OC21CC1.C=C1N=C(N)C=CN1[C@@H]1O[C@H](COC)C(OC)[C@@H]1O. The fourth-order valence-corrected chi connectivity index (χ4v) is 19.3. The van der Waals surface area contributed by atoms with Gasteiger partial charge in [0.1, 0.15) is 166 Å². The number of carbonyl (C=O) groups excluding carboxylic acids is 1. The van der Waals surface area contributed by atoms with Gasteiger partial charge in [-0.3, -0.25) is 9.63 Å². The van der Waals surface area contributed by atoms with Gasteiger partial charge >= 0.3 is 0 Å². The largest absolute Gasteiger partial charge is 0.386 e. The molecule has 11 fully saturated rings. The van der Waals surface area contributed by atoms with Crippen LogP contribution >= 0.6 is 0 Å². The van der Waals surface area contributed by atoms with E-state index in [0.717, 1.165) is 40.7 Å². The molecule has 0 radical (unpaired) electrons. The number of carbonyl (C=O) groups is 1. The number of methoxy groups -OCH3 is 12. The average Bonchev–Trinajstić information content (AvgIpc) is 1.50. The molecule has 0 aromatic rings. The fourth-order valence-electron chi connectivity index (χ4n) is 19.3. The van der Waals surface area contributed by atoms with Crippen LogP contribution < -0.4 is 34.4 Å². The monoisotopic (exact) mass is 1830 g/mol. The van der Waals surface area contributed by atoms with Crippen LogP contribution in [-0.4, -0.2) is 393 Å². The molecule has 17 rings (SSSR count). The fraction of sp³-hybridized carbons (Fsp3) is 0.640. The number of nitrogens with zero attached hydrogens (tertiary/aromatic N) is 14. The molecule has 14 N–H and O–H groups in total. The Bertz CT molecular complexity index is 4650. The summed E-state index contributed by atoms with van der Waals surface area (Å²) in [5.74, 6) is 5.35. The smallest absolute Gasteiger partial charge is 0.260 e. The maximum Gasteiger partial charge on any atom is 0.260 e. The number of likely N-dealkylation sites (N-methyl/N-ethyl adjacent to an activating group) is 2. The molecule has 0 aromatic carbocycles. The van der Waals surface area contributed by atoms with Crippen molar-refractivity contribution in [2.24, 2.45) is 64.4 Å². The summed E-state index contributed by atoms with van der Waals surface area (Å²) in [5.41, 5.74) is 35.6. The van der Waals surface area contributed by atoms with Crippen molar-refractivity contribution < 1.29 is 115 Å². The summed E-state index contributed by atoms with van der Waals surface area (Å²) < 4.78 is 114. The molecule has 44 nitrogen and oxygen atoms in total. The van der Waals surface area contributed by atoms with Crippen molar-refractivity contribution in [3.8, 4) is 0 Å². The third kappa shape index (κ3) is 18.2. The van der Waals surface area contributed by atoms with E-state index < -0.39 is 77.8 Å². The number of nitrogens with two attached hydrogens (primary N) is 6. The Hall–Kier alpha value is -8.99. The Morgan fingerprint density at radius 1 is 0.438 bits per heavy atom. The molecule has 1 aliphatic carbocycles. The van der Waals surface area contributed by atoms with Gasteiger partial charge in [0.15, 0.2) is 54.7 Å². The maximum absolute atomic E-state index is 12.6. The van der Waals surface area contributed by atoms with E-state index in [-0.39, 0.29) is 91.5 Å². The van der Waals surface area contributed by atoms with Crippen molar-refractivity contribution in [3.05, 3.63) is 146 Å². The molecule has 1 spiro atoms. The first-order valence-corrected chi connectivity index (χ1v) is 42.3. The second-order valence-corrected chi connectivity index (χ2v) is 34.0. The van der Waals surface area contributed by atoms with Crippen molar-refractivity contribution >= 4 is 40.9 Å². The van der Waals surface area contributed by atoms with E-state index in [4.69, 9.17) is 134 Å². The number of amides is 1. The highest BCUT2D eigenvalue weighted by molar-refractivity contribution is 6.00. The lowest BCUT2D eigenvalue weighted by atomic mass is 9.91. The molecular formula is C86H132N20O24. The number of fused-ring (bicyclic) bond motifs is 9. The number of aliphatic hydroxyl groups excluding tert-OH is 2. The van der Waals surface area contributed by atoms with Crippen molar-refractivity contribution in [3.63, 3.8) is 0 Å². The topological polar surface area (TPSA) is 508 Å². The van der Waals surface area contributed by atoms with Crippen molar-refractivity contribution in [1.29, 1.82) is 0 Å². The van der Waals surface area contributed by atoms with Crippen LogP contribution in [0.2, 0.25) is 0 Å². The van der Waals surface area contributed by atoms with Gasteiger partial charge in [0.25, 0.3) is 5.91 Å². The summed E-state index contributed by atoms with van der Waals surface area (Å²) >= 11 is 0. The van der Waals surface area contributed by atoms with Gasteiger partial charge in [0.05, 0.1) is 52.3 Å². The number of aliphatic imine (C=N–C) groups is 6. The van der Waals surface area contributed by atoms with Crippen LogP contribution in [0.4, 0.5) is 0 Å². The Labute approximate surface area is 758 Å². The van der Waals surface area contributed by atoms with Crippen LogP contribution in [0.5, 0.6) is 0 Å². The first-order valence-electron chi connectivity index (χ1n) is 42.3. The first-order chi connectivity index (χ1) is 61.8. The number of hydrogen-bond donors (Lipinski definition) is 8. The van der Waals surface area contributed by atoms with E-state index in [1.807, 2.05) is 88.1 Å². The molecule has 25 atom stereocenters. The van der Waals surface area contributed by atoms with E-state index in [9.17, 15) is 15.0 Å². The standard InChI is InChI=1S/C16H23N3O4.C15H24N4O4.C15H22N4O4.C15H23N3O4.C13H21N3O4.C12H19N3O4/c1-9-7-19(10(2)18-13(9)17)14-11-12(21-4)16(23-14,8-20-3)15(22-11)5-6-15;1-9-6-19(10(2)17-13(9)16)14-11-12(21-5)15(22-14,8-20-4)7-18(3)23-11;1-8-6-19(9(2)17-12(8)16)13-10-11(22-5)15(23-13,7-21-4)14(20)18(10)3;1-8-6-18(10(3)17-13(8)16)14-11-12(20-5)15(22-14,7-19-4)9(2)21-11;1-7-5-16(8(2)15-12(7)14)13-10(17)11(19-4)9(20-13)6-18-3;1-7-14-9(13)4-5-15(7)12-10(16)11(18-3)8(19-12)6-17-2/h7,11-12,14H,2,5-6,8H2,1,3-4H3,(H2,17,18);6,11-12,14H,2,7-8H2,1,3-5H3,(H2,16,17);6,10-11,13H,2,7H2,1,3-5H3,(H2,16,17);6,9,11-12,14H,3,7H2,1-2,4-5H3,(H2,16,17);5,9-11,13,17H,2,6H2,1,3-4H3,(H2,14,15);4-5,8,10-12,16H,1,6H2,2-3H3,(H2,13,14)/t11-,12?,14+,16+;11-,12?,14+,15+;10-,11?,13+,15+;9?,11-,12?,14+,15-;9-,10+,11?,13-;8-,10+,11?,12-/m000011/s1. The van der Waals surface area contributed by atoms with Gasteiger partial charge in [0, 0.05) is 164 Å². The predicted octanol–water partition coefficient (Wildman–Crippen LogP) is 0.140. The Kier molecular flexibility index (Phi) is 31.1. The molecule has 17 aliphatic rings. The number of rotatable bonds is 24. The lowest BCUT2D eigenvalue weighted by molar-refractivity contribution is -0.263. The number of hydroxylamine groups is 2. The molecule has 1 saturated carbocycles. The van der Waals surface area contributed by atoms with E-state index in [1.54, 1.807) is 114 Å². The van der Waals surface area contributed by atoms with Crippen molar-refractivity contribution in [2.45, 2.75) is 211 Å². The molecule has 1 amide bonds. The maximum atomic E-state index is 12.6. The zero-order valence-corrected chi connectivity index (χ0v) is 77.9. The quantitative estimate of drug-likeness (QED) is 0.0637. The second kappa shape index (κ2) is 40.4. The molecule has 16 heterocycles. The van der Waals surface area contributed by atoms with Gasteiger partial charge in [-0.05, 0) is 60.5 Å². The van der Waals surface area contributed by atoms with Gasteiger partial charge in [0.2, 0.25) is 0 Å². The minimum absolute atomic E-state index is 0.115. The van der Waals surface area contributed by atoms with E-state index >= 15 is 0 Å². The number of likely N-dealkylation sites (tertiary alicyclic amines) is 1. The highest BCUT2D eigenvalue weighted by atomic mass is 16.7. The summed E-state index contributed by atoms with van der Waals surface area (Å²) in [7, 11) is 22.9. The van der Waals surface area contributed by atoms with E-state index in [0.29, 0.717) is 110 Å². The molecule has 7 unspecified atom stereocenters. The Morgan fingerprint density at radius 3 is 1.25 bits per heavy atom. The summed E-state index contributed by atoms with van der Waals surface area (Å²) in [4.78, 5) is 56.2. The van der Waals surface area contributed by atoms with Crippen LogP contribution in [0.3, 0.4) is 0 Å². The molecule has 720 valence electrons. The van der Waals surface area contributed by atoms with E-state index in [2.05, 4.69) is 69.4 Å². The average molecular weight is 1830 g/mol. The van der Waals surface area contributed by atoms with Gasteiger partial charge < -0.3 is 174 Å². The number of amidine groups is 6. The lowest BCUT2D eigenvalue weighted by Gasteiger charge is -2.41. The van der Waals surface area contributed by atoms with Gasteiger partial charge in [-0.25, -0.2) is 30.0 Å². The summed E-state index contributed by atoms with van der Waals surface area (Å²) in [6, 6.07) is -0.294. The molecule has 10 saturated heterocycles. The summed E-state index contributed by atoms with van der Waals surface area (Å²) in [6.45, 7) is 37.4. The minimum Gasteiger partial charge on any atom is -0.386 e. The van der Waals surface area contributed by atoms with Crippen LogP contribution in [-0.2, 0) is 104 Å².